The van der Waals surface area contributed by atoms with Crippen molar-refractivity contribution in [2.24, 2.45) is 10.2 Å². The van der Waals surface area contributed by atoms with Crippen molar-refractivity contribution in [2.75, 3.05) is 12.4 Å². The summed E-state index contributed by atoms with van der Waals surface area (Å²) in [5.41, 5.74) is 2.64. The minimum absolute atomic E-state index is 0.0585. The number of amides is 2. The largest absolute Gasteiger partial charge is 0.497 e. The maximum atomic E-state index is 12.2. The van der Waals surface area contributed by atoms with Gasteiger partial charge in [-0.3, -0.25) is 9.59 Å². The molecule has 2 aromatic carbocycles. The number of rotatable bonds is 6. The van der Waals surface area contributed by atoms with Crippen molar-refractivity contribution in [2.45, 2.75) is 18.6 Å². The fourth-order valence-electron chi connectivity index (χ4n) is 2.47. The molecule has 1 fully saturated rings. The molecule has 144 valence electrons. The number of ether oxygens (including phenoxy) is 1. The van der Waals surface area contributed by atoms with Crippen LogP contribution in [-0.2, 0) is 9.59 Å². The van der Waals surface area contributed by atoms with Gasteiger partial charge in [0.2, 0.25) is 11.8 Å². The molecule has 1 unspecified atom stereocenters. The summed E-state index contributed by atoms with van der Waals surface area (Å²) in [5, 5.41) is 13.3. The molecule has 0 saturated carbocycles. The molecule has 0 radical (unpaired) electrons. The maximum absolute atomic E-state index is 12.2. The van der Waals surface area contributed by atoms with E-state index in [1.165, 1.54) is 11.8 Å². The summed E-state index contributed by atoms with van der Waals surface area (Å²) in [6.07, 6.45) is 1.63. The Balaban J connectivity index is 1.55. The minimum atomic E-state index is -0.531. The molecular formula is C20H20N4O3S. The summed E-state index contributed by atoms with van der Waals surface area (Å²) >= 11 is 1.19. The molecule has 0 aliphatic carbocycles. The average Bonchev–Trinajstić information content (AvgIpc) is 3.03. The first kappa shape index (κ1) is 19.6. The third-order valence-corrected chi connectivity index (χ3v) is 5.00. The van der Waals surface area contributed by atoms with Gasteiger partial charge in [0.1, 0.15) is 11.0 Å². The third-order valence-electron chi connectivity index (χ3n) is 3.93. The Hall–Kier alpha value is -3.13. The van der Waals surface area contributed by atoms with Crippen LogP contribution in [0.5, 0.6) is 5.75 Å². The van der Waals surface area contributed by atoms with Gasteiger partial charge in [-0.2, -0.15) is 5.10 Å². The Morgan fingerprint density at radius 2 is 2.07 bits per heavy atom. The second-order valence-corrected chi connectivity index (χ2v) is 7.33. The van der Waals surface area contributed by atoms with E-state index in [1.807, 2.05) is 55.5 Å². The zero-order valence-electron chi connectivity index (χ0n) is 15.5. The highest BCUT2D eigenvalue weighted by atomic mass is 32.2. The number of benzene rings is 2. The van der Waals surface area contributed by atoms with Gasteiger partial charge in [0.25, 0.3) is 0 Å². The molecule has 0 aromatic heterocycles. The van der Waals surface area contributed by atoms with Crippen LogP contribution < -0.4 is 15.4 Å². The molecule has 2 aromatic rings. The van der Waals surface area contributed by atoms with Crippen molar-refractivity contribution >= 4 is 40.6 Å². The normalized spacial score (nSPS) is 17.7. The molecule has 7 nitrogen and oxygen atoms in total. The van der Waals surface area contributed by atoms with E-state index in [2.05, 4.69) is 20.8 Å². The van der Waals surface area contributed by atoms with E-state index in [0.717, 1.165) is 16.9 Å². The molecule has 1 aliphatic heterocycles. The predicted octanol–water partition coefficient (Wildman–Crippen LogP) is 2.95. The number of carbonyl (C=O) groups excluding carboxylic acids is 2. The number of nitrogens with one attached hydrogen (secondary N) is 2. The van der Waals surface area contributed by atoms with Gasteiger partial charge < -0.3 is 15.4 Å². The Bertz CT molecular complexity index is 925. The lowest BCUT2D eigenvalue weighted by molar-refractivity contribution is -0.122. The van der Waals surface area contributed by atoms with Gasteiger partial charge in [-0.15, -0.1) is 5.10 Å². The molecule has 1 aliphatic rings. The number of carbonyl (C=O) groups is 2. The predicted molar refractivity (Wildman–Crippen MR) is 112 cm³/mol. The highest BCUT2D eigenvalue weighted by molar-refractivity contribution is 8.15. The first-order valence-electron chi connectivity index (χ1n) is 8.62. The number of hydrogen-bond acceptors (Lipinski definition) is 6. The lowest BCUT2D eigenvalue weighted by atomic mass is 10.2. The number of hydrogen-bond donors (Lipinski definition) is 2. The summed E-state index contributed by atoms with van der Waals surface area (Å²) in [6, 6.07) is 14.9. The first-order chi connectivity index (χ1) is 13.5. The zero-order chi connectivity index (χ0) is 19.9. The van der Waals surface area contributed by atoms with Crippen LogP contribution in [0.25, 0.3) is 0 Å². The number of methoxy groups -OCH3 is 1. The van der Waals surface area contributed by atoms with Gasteiger partial charge in [-0.05, 0) is 36.8 Å². The van der Waals surface area contributed by atoms with Crippen LogP contribution in [0.2, 0.25) is 0 Å². The second kappa shape index (κ2) is 9.18. The van der Waals surface area contributed by atoms with E-state index >= 15 is 0 Å². The molecule has 2 N–H and O–H groups in total. The molecule has 3 rings (SSSR count). The Labute approximate surface area is 167 Å². The van der Waals surface area contributed by atoms with Crippen molar-refractivity contribution in [1.82, 2.24) is 5.32 Å². The van der Waals surface area contributed by atoms with Crippen molar-refractivity contribution in [3.63, 3.8) is 0 Å². The van der Waals surface area contributed by atoms with Gasteiger partial charge in [0, 0.05) is 12.1 Å². The van der Waals surface area contributed by atoms with Crippen LogP contribution in [0.4, 0.5) is 5.69 Å². The topological polar surface area (TPSA) is 92.2 Å². The smallest absolute Gasteiger partial charge is 0.240 e. The molecule has 1 atom stereocenters. The highest BCUT2D eigenvalue weighted by Gasteiger charge is 2.32. The van der Waals surface area contributed by atoms with Crippen molar-refractivity contribution < 1.29 is 14.3 Å². The average molecular weight is 396 g/mol. The Kier molecular flexibility index (Phi) is 6.44. The number of nitrogens with zero attached hydrogens (tertiary/aromatic N) is 2. The standard InChI is InChI=1S/C20H20N4O3S/c1-13-6-8-15(9-7-13)22-18(25)11-17-19(26)23-20(28-17)24-21-12-14-4-3-5-16(10-14)27-2/h3-10,12,17H,11H2,1-2H3,(H,22,25)(H,23,24,26). The number of amidine groups is 1. The summed E-state index contributed by atoms with van der Waals surface area (Å²) in [6.45, 7) is 1.97. The number of thioether (sulfide) groups is 1. The van der Waals surface area contributed by atoms with Gasteiger partial charge in [-0.1, -0.05) is 41.6 Å². The van der Waals surface area contributed by atoms with Crippen LogP contribution in [0.3, 0.4) is 0 Å². The summed E-state index contributed by atoms with van der Waals surface area (Å²) in [4.78, 5) is 24.3. The quantitative estimate of drug-likeness (QED) is 0.580. The van der Waals surface area contributed by atoms with Crippen molar-refractivity contribution in [3.8, 4) is 5.75 Å². The Morgan fingerprint density at radius 1 is 1.29 bits per heavy atom. The van der Waals surface area contributed by atoms with E-state index in [4.69, 9.17) is 4.74 Å². The molecular weight excluding hydrogens is 376 g/mol. The van der Waals surface area contributed by atoms with E-state index in [9.17, 15) is 9.59 Å². The molecule has 1 saturated heterocycles. The molecule has 0 bridgehead atoms. The van der Waals surface area contributed by atoms with Crippen molar-refractivity contribution in [3.05, 3.63) is 59.7 Å². The SMILES string of the molecule is COc1cccc(C=N/N=C2\NC(=O)C(CC(=O)Nc3ccc(C)cc3)S2)c1. The maximum Gasteiger partial charge on any atom is 0.240 e. The van der Waals surface area contributed by atoms with E-state index in [-0.39, 0.29) is 18.2 Å². The van der Waals surface area contributed by atoms with Gasteiger partial charge >= 0.3 is 0 Å². The summed E-state index contributed by atoms with van der Waals surface area (Å²) < 4.78 is 5.15. The van der Waals surface area contributed by atoms with Gasteiger partial charge in [0.15, 0.2) is 5.17 Å². The minimum Gasteiger partial charge on any atom is -0.497 e. The van der Waals surface area contributed by atoms with Crippen LogP contribution in [0.15, 0.2) is 58.7 Å². The fraction of sp³-hybridized carbons (Fsp3) is 0.200. The third kappa shape index (κ3) is 5.43. The van der Waals surface area contributed by atoms with E-state index in [1.54, 1.807) is 13.3 Å². The lowest BCUT2D eigenvalue weighted by Gasteiger charge is -2.07. The summed E-state index contributed by atoms with van der Waals surface area (Å²) in [5.74, 6) is 0.247. The van der Waals surface area contributed by atoms with Crippen LogP contribution >= 0.6 is 11.8 Å². The highest BCUT2D eigenvalue weighted by Crippen LogP contribution is 2.23. The van der Waals surface area contributed by atoms with Crippen molar-refractivity contribution in [1.29, 1.82) is 0 Å². The molecule has 0 spiro atoms. The van der Waals surface area contributed by atoms with E-state index < -0.39 is 5.25 Å². The molecule has 28 heavy (non-hydrogen) atoms. The second-order valence-electron chi connectivity index (χ2n) is 6.14. The number of anilines is 1. The van der Waals surface area contributed by atoms with E-state index in [0.29, 0.717) is 10.9 Å². The molecule has 8 heteroatoms. The van der Waals surface area contributed by atoms with Crippen LogP contribution in [0, 0.1) is 6.92 Å². The monoisotopic (exact) mass is 396 g/mol. The zero-order valence-corrected chi connectivity index (χ0v) is 16.3. The molecule has 1 heterocycles. The molecule has 2 amide bonds. The fourth-order valence-corrected chi connectivity index (χ4v) is 3.40. The lowest BCUT2D eigenvalue weighted by Crippen LogP contribution is -2.28. The summed E-state index contributed by atoms with van der Waals surface area (Å²) in [7, 11) is 1.59. The van der Waals surface area contributed by atoms with Gasteiger partial charge in [-0.25, -0.2) is 0 Å². The van der Waals surface area contributed by atoms with Crippen LogP contribution in [-0.4, -0.2) is 35.6 Å². The first-order valence-corrected chi connectivity index (χ1v) is 9.50. The van der Waals surface area contributed by atoms with Crippen LogP contribution in [0.1, 0.15) is 17.5 Å². The van der Waals surface area contributed by atoms with Gasteiger partial charge in [0.05, 0.1) is 13.3 Å². The number of aryl methyl sites for hydroxylation is 1. The Morgan fingerprint density at radius 3 is 2.82 bits per heavy atom.